The van der Waals surface area contributed by atoms with Gasteiger partial charge in [0.1, 0.15) is 0 Å². The molecule has 8 nitrogen and oxygen atoms in total. The van der Waals surface area contributed by atoms with Crippen LogP contribution in [-0.4, -0.2) is 50.5 Å². The van der Waals surface area contributed by atoms with E-state index in [1.807, 2.05) is 0 Å². The van der Waals surface area contributed by atoms with Gasteiger partial charge in [-0.3, -0.25) is 10.1 Å². The van der Waals surface area contributed by atoms with Crippen molar-refractivity contribution in [3.05, 3.63) is 24.2 Å². The molecule has 4 rings (SSSR count). The summed E-state index contributed by atoms with van der Waals surface area (Å²) in [5.74, 6) is -0.340. The van der Waals surface area contributed by atoms with Gasteiger partial charge in [-0.1, -0.05) is 49.9 Å². The number of nitrogens with one attached hydrogen (secondary N) is 1. The van der Waals surface area contributed by atoms with E-state index in [2.05, 4.69) is 25.2 Å². The van der Waals surface area contributed by atoms with Gasteiger partial charge in [0, 0.05) is 24.5 Å². The molecule has 1 N–H and O–H groups in total. The third-order valence-corrected chi connectivity index (χ3v) is 8.51. The minimum absolute atomic E-state index is 0.0460. The first-order valence-electron chi connectivity index (χ1n) is 12.3. The minimum Gasteiger partial charge on any atom is -0.466 e. The SMILES string of the molecule is CCOC(=O)Cc1nc(NC(=O)N(C2CCCCC2)C2CCCCC2)sc1Sc1ncccn1. The zero-order chi connectivity index (χ0) is 23.8. The van der Waals surface area contributed by atoms with Crippen molar-refractivity contribution in [2.75, 3.05) is 11.9 Å². The number of thiazole rings is 1. The third-order valence-electron chi connectivity index (χ3n) is 6.39. The molecule has 0 aromatic carbocycles. The number of carbonyl (C=O) groups excluding carboxylic acids is 2. The molecule has 0 aliphatic heterocycles. The van der Waals surface area contributed by atoms with Gasteiger partial charge in [0.25, 0.3) is 0 Å². The van der Waals surface area contributed by atoms with Crippen molar-refractivity contribution in [1.29, 1.82) is 0 Å². The van der Waals surface area contributed by atoms with E-state index in [4.69, 9.17) is 4.74 Å². The summed E-state index contributed by atoms with van der Waals surface area (Å²) in [6.07, 6.45) is 14.9. The molecule has 2 aromatic heterocycles. The quantitative estimate of drug-likeness (QED) is 0.365. The molecular formula is C24H33N5O3S2. The van der Waals surface area contributed by atoms with Crippen LogP contribution in [0.25, 0.3) is 0 Å². The second-order valence-corrected chi connectivity index (χ2v) is 11.0. The predicted octanol–water partition coefficient (Wildman–Crippen LogP) is 5.69. The van der Waals surface area contributed by atoms with Crippen LogP contribution in [0.2, 0.25) is 0 Å². The molecule has 2 aliphatic rings. The van der Waals surface area contributed by atoms with Crippen molar-refractivity contribution in [3.63, 3.8) is 0 Å². The number of urea groups is 1. The molecule has 2 fully saturated rings. The Morgan fingerprint density at radius 2 is 1.68 bits per heavy atom. The van der Waals surface area contributed by atoms with E-state index in [9.17, 15) is 9.59 Å². The van der Waals surface area contributed by atoms with Gasteiger partial charge in [-0.25, -0.2) is 19.7 Å². The molecule has 2 saturated carbocycles. The summed E-state index contributed by atoms with van der Waals surface area (Å²) in [4.78, 5) is 41.0. The Morgan fingerprint density at radius 3 is 2.26 bits per heavy atom. The number of carbonyl (C=O) groups is 2. The van der Waals surface area contributed by atoms with Crippen LogP contribution in [0.1, 0.15) is 76.8 Å². The summed E-state index contributed by atoms with van der Waals surface area (Å²) >= 11 is 2.71. The Hall–Kier alpha value is -2.20. The fraction of sp³-hybridized carbons (Fsp3) is 0.625. The van der Waals surface area contributed by atoms with Crippen molar-refractivity contribution >= 4 is 40.2 Å². The van der Waals surface area contributed by atoms with Gasteiger partial charge < -0.3 is 9.64 Å². The van der Waals surface area contributed by atoms with Crippen molar-refractivity contribution < 1.29 is 14.3 Å². The summed E-state index contributed by atoms with van der Waals surface area (Å²) in [5.41, 5.74) is 0.582. The number of nitrogens with zero attached hydrogens (tertiary/aromatic N) is 4. The highest BCUT2D eigenvalue weighted by Gasteiger charge is 2.33. The maximum absolute atomic E-state index is 13.6. The highest BCUT2D eigenvalue weighted by Crippen LogP contribution is 2.37. The normalized spacial score (nSPS) is 17.3. The number of hydrogen-bond donors (Lipinski definition) is 1. The number of anilines is 1. The number of aromatic nitrogens is 3. The highest BCUT2D eigenvalue weighted by atomic mass is 32.2. The van der Waals surface area contributed by atoms with Crippen LogP contribution in [0.15, 0.2) is 27.8 Å². The van der Waals surface area contributed by atoms with E-state index in [1.54, 1.807) is 25.4 Å². The first-order valence-corrected chi connectivity index (χ1v) is 14.0. The van der Waals surface area contributed by atoms with Crippen LogP contribution in [-0.2, 0) is 16.0 Å². The Labute approximate surface area is 209 Å². The van der Waals surface area contributed by atoms with Gasteiger partial charge in [-0.15, -0.1) is 0 Å². The maximum Gasteiger partial charge on any atom is 0.324 e. The van der Waals surface area contributed by atoms with Crippen molar-refractivity contribution in [2.24, 2.45) is 0 Å². The Balaban J connectivity index is 1.53. The van der Waals surface area contributed by atoms with Crippen LogP contribution >= 0.6 is 23.1 Å². The summed E-state index contributed by atoms with van der Waals surface area (Å²) in [6, 6.07) is 2.28. The Bertz CT molecular complexity index is 925. The summed E-state index contributed by atoms with van der Waals surface area (Å²) in [7, 11) is 0. The summed E-state index contributed by atoms with van der Waals surface area (Å²) in [6.45, 7) is 2.09. The summed E-state index contributed by atoms with van der Waals surface area (Å²) < 4.78 is 5.92. The number of hydrogen-bond acceptors (Lipinski definition) is 8. The number of rotatable bonds is 8. The zero-order valence-corrected chi connectivity index (χ0v) is 21.3. The van der Waals surface area contributed by atoms with Gasteiger partial charge in [0.15, 0.2) is 10.3 Å². The molecular weight excluding hydrogens is 470 g/mol. The molecule has 2 aliphatic carbocycles. The van der Waals surface area contributed by atoms with E-state index in [0.717, 1.165) is 29.9 Å². The Morgan fingerprint density at radius 1 is 1.06 bits per heavy atom. The average molecular weight is 504 g/mol. The fourth-order valence-corrected chi connectivity index (χ4v) is 6.82. The predicted molar refractivity (Wildman–Crippen MR) is 133 cm³/mol. The average Bonchev–Trinajstić information content (AvgIpc) is 3.21. The van der Waals surface area contributed by atoms with Crippen LogP contribution in [0.3, 0.4) is 0 Å². The van der Waals surface area contributed by atoms with E-state index in [1.165, 1.54) is 61.6 Å². The van der Waals surface area contributed by atoms with Crippen molar-refractivity contribution in [2.45, 2.75) is 99.0 Å². The molecule has 2 amide bonds. The van der Waals surface area contributed by atoms with E-state index in [0.29, 0.717) is 34.7 Å². The standard InChI is InChI=1S/C24H33N5O3S2/c1-2-32-20(30)16-19-21(33-22-25-14-9-15-26-22)34-23(27-19)28-24(31)29(17-10-5-3-6-11-17)18-12-7-4-8-13-18/h9,14-15,17-18H,2-8,10-13,16H2,1H3,(H,27,28,31). The van der Waals surface area contributed by atoms with Crippen LogP contribution < -0.4 is 5.32 Å². The zero-order valence-electron chi connectivity index (χ0n) is 19.7. The molecule has 184 valence electrons. The van der Waals surface area contributed by atoms with Gasteiger partial charge in [0.05, 0.1) is 22.9 Å². The van der Waals surface area contributed by atoms with Crippen molar-refractivity contribution in [3.8, 4) is 0 Å². The lowest BCUT2D eigenvalue weighted by molar-refractivity contribution is -0.142. The van der Waals surface area contributed by atoms with Gasteiger partial charge in [-0.2, -0.15) is 0 Å². The molecule has 0 unspecified atom stereocenters. The van der Waals surface area contributed by atoms with Gasteiger partial charge in [0.2, 0.25) is 0 Å². The molecule has 0 saturated heterocycles. The Kier molecular flexibility index (Phi) is 9.15. The molecule has 2 heterocycles. The monoisotopic (exact) mass is 503 g/mol. The van der Waals surface area contributed by atoms with E-state index >= 15 is 0 Å². The fourth-order valence-electron chi connectivity index (χ4n) is 4.86. The first kappa shape index (κ1) is 24.9. The molecule has 10 heteroatoms. The summed E-state index contributed by atoms with van der Waals surface area (Å²) in [5, 5.41) is 4.15. The second-order valence-electron chi connectivity index (χ2n) is 8.79. The molecule has 2 aromatic rings. The van der Waals surface area contributed by atoms with Gasteiger partial charge in [-0.05, 0) is 50.4 Å². The molecule has 0 atom stereocenters. The molecule has 0 spiro atoms. The number of ether oxygens (including phenoxy) is 1. The first-order chi connectivity index (χ1) is 16.6. The highest BCUT2D eigenvalue weighted by molar-refractivity contribution is 8.01. The third kappa shape index (κ3) is 6.69. The maximum atomic E-state index is 13.6. The van der Waals surface area contributed by atoms with Crippen molar-refractivity contribution in [1.82, 2.24) is 19.9 Å². The molecule has 34 heavy (non-hydrogen) atoms. The molecule has 0 radical (unpaired) electrons. The van der Waals surface area contributed by atoms with E-state index < -0.39 is 0 Å². The lowest BCUT2D eigenvalue weighted by Crippen LogP contribution is -2.50. The topological polar surface area (TPSA) is 97.3 Å². The lowest BCUT2D eigenvalue weighted by Gasteiger charge is -2.41. The number of amides is 2. The smallest absolute Gasteiger partial charge is 0.324 e. The van der Waals surface area contributed by atoms with Crippen LogP contribution in [0.4, 0.5) is 9.93 Å². The minimum atomic E-state index is -0.340. The van der Waals surface area contributed by atoms with Crippen LogP contribution in [0, 0.1) is 0 Å². The largest absolute Gasteiger partial charge is 0.466 e. The van der Waals surface area contributed by atoms with Crippen LogP contribution in [0.5, 0.6) is 0 Å². The van der Waals surface area contributed by atoms with Gasteiger partial charge >= 0.3 is 12.0 Å². The lowest BCUT2D eigenvalue weighted by atomic mass is 9.89. The second kappa shape index (κ2) is 12.5. The van der Waals surface area contributed by atoms with E-state index in [-0.39, 0.29) is 18.4 Å². The molecule has 0 bridgehead atoms. The number of esters is 1.